The van der Waals surface area contributed by atoms with Gasteiger partial charge in [-0.2, -0.15) is 0 Å². The van der Waals surface area contributed by atoms with Gasteiger partial charge in [-0.25, -0.2) is 8.42 Å². The quantitative estimate of drug-likeness (QED) is 0.563. The van der Waals surface area contributed by atoms with Gasteiger partial charge >= 0.3 is 0 Å². The SMILES string of the molecule is CCC(=O)N1CCCc2ccc(NS(=O)(=O)c3ccc(OCc4ccccc4)cc3)cc21. The molecule has 1 aliphatic heterocycles. The summed E-state index contributed by atoms with van der Waals surface area (Å²) in [6, 6.07) is 21.5. The Morgan fingerprint density at radius 3 is 2.50 bits per heavy atom. The summed E-state index contributed by atoms with van der Waals surface area (Å²) in [5.74, 6) is 0.632. The van der Waals surface area contributed by atoms with Crippen LogP contribution in [0.4, 0.5) is 11.4 Å². The maximum atomic E-state index is 12.9. The van der Waals surface area contributed by atoms with E-state index in [0.717, 1.165) is 29.7 Å². The number of amides is 1. The fourth-order valence-electron chi connectivity index (χ4n) is 3.76. The Kier molecular flexibility index (Phi) is 6.46. The Hall–Kier alpha value is -3.32. The molecule has 1 amide bonds. The average molecular weight is 451 g/mol. The van der Waals surface area contributed by atoms with E-state index in [1.165, 1.54) is 12.1 Å². The minimum absolute atomic E-state index is 0.0389. The molecule has 166 valence electrons. The zero-order chi connectivity index (χ0) is 22.6. The number of hydrogen-bond acceptors (Lipinski definition) is 4. The van der Waals surface area contributed by atoms with Crippen LogP contribution in [-0.4, -0.2) is 20.9 Å². The van der Waals surface area contributed by atoms with E-state index in [2.05, 4.69) is 4.72 Å². The van der Waals surface area contributed by atoms with Crippen molar-refractivity contribution < 1.29 is 17.9 Å². The highest BCUT2D eigenvalue weighted by atomic mass is 32.2. The van der Waals surface area contributed by atoms with E-state index < -0.39 is 10.0 Å². The first-order valence-electron chi connectivity index (χ1n) is 10.7. The van der Waals surface area contributed by atoms with E-state index in [1.807, 2.05) is 43.3 Å². The predicted octanol–water partition coefficient (Wildman–Crippen LogP) is 4.76. The van der Waals surface area contributed by atoms with Gasteiger partial charge in [-0.15, -0.1) is 0 Å². The molecule has 3 aromatic carbocycles. The second-order valence-electron chi connectivity index (χ2n) is 7.70. The Balaban J connectivity index is 1.48. The third-order valence-electron chi connectivity index (χ3n) is 5.44. The van der Waals surface area contributed by atoms with Crippen LogP contribution in [0.15, 0.2) is 77.7 Å². The Labute approximate surface area is 188 Å². The van der Waals surface area contributed by atoms with Crippen LogP contribution >= 0.6 is 0 Å². The van der Waals surface area contributed by atoms with E-state index in [9.17, 15) is 13.2 Å². The van der Waals surface area contributed by atoms with Crippen LogP contribution < -0.4 is 14.4 Å². The lowest BCUT2D eigenvalue weighted by molar-refractivity contribution is -0.118. The first-order valence-corrected chi connectivity index (χ1v) is 12.2. The molecule has 3 aromatic rings. The fraction of sp³-hybridized carbons (Fsp3) is 0.240. The van der Waals surface area contributed by atoms with Crippen molar-refractivity contribution in [1.29, 1.82) is 0 Å². The molecule has 32 heavy (non-hydrogen) atoms. The summed E-state index contributed by atoms with van der Waals surface area (Å²) in [7, 11) is -3.78. The van der Waals surface area contributed by atoms with Crippen LogP contribution in [-0.2, 0) is 27.8 Å². The number of rotatable bonds is 7. The monoisotopic (exact) mass is 450 g/mol. The molecule has 0 atom stereocenters. The summed E-state index contributed by atoms with van der Waals surface area (Å²) >= 11 is 0. The number of nitrogens with zero attached hydrogens (tertiary/aromatic N) is 1. The number of anilines is 2. The van der Waals surface area contributed by atoms with Crippen molar-refractivity contribution in [2.75, 3.05) is 16.2 Å². The van der Waals surface area contributed by atoms with Gasteiger partial charge in [-0.1, -0.05) is 43.3 Å². The van der Waals surface area contributed by atoms with Crippen LogP contribution in [0, 0.1) is 0 Å². The molecular formula is C25H26N2O4S. The molecule has 0 fully saturated rings. The first-order chi connectivity index (χ1) is 15.5. The number of nitrogens with one attached hydrogen (secondary N) is 1. The van der Waals surface area contributed by atoms with Gasteiger partial charge in [0.15, 0.2) is 0 Å². The zero-order valence-electron chi connectivity index (χ0n) is 18.0. The Bertz CT molecular complexity index is 1190. The fourth-order valence-corrected chi connectivity index (χ4v) is 4.81. The molecule has 4 rings (SSSR count). The van der Waals surface area contributed by atoms with Crippen LogP contribution in [0.25, 0.3) is 0 Å². The number of benzene rings is 3. The van der Waals surface area contributed by atoms with Crippen LogP contribution in [0.3, 0.4) is 0 Å². The van der Waals surface area contributed by atoms with Crippen molar-refractivity contribution >= 4 is 27.3 Å². The third kappa shape index (κ3) is 4.94. The number of ether oxygens (including phenoxy) is 1. The van der Waals surface area contributed by atoms with Gasteiger partial charge in [0.25, 0.3) is 10.0 Å². The summed E-state index contributed by atoms with van der Waals surface area (Å²) in [5.41, 5.74) is 3.31. The van der Waals surface area contributed by atoms with Gasteiger partial charge in [0.2, 0.25) is 5.91 Å². The number of aryl methyl sites for hydroxylation is 1. The van der Waals surface area contributed by atoms with E-state index >= 15 is 0 Å². The van der Waals surface area contributed by atoms with Crippen molar-refractivity contribution in [3.05, 3.63) is 83.9 Å². The molecule has 0 spiro atoms. The van der Waals surface area contributed by atoms with Crippen molar-refractivity contribution in [2.24, 2.45) is 0 Å². The summed E-state index contributed by atoms with van der Waals surface area (Å²) in [5, 5.41) is 0. The number of sulfonamides is 1. The van der Waals surface area contributed by atoms with E-state index in [4.69, 9.17) is 4.74 Å². The number of hydrogen-bond donors (Lipinski definition) is 1. The summed E-state index contributed by atoms with van der Waals surface area (Å²) < 4.78 is 34.2. The molecule has 6 nitrogen and oxygen atoms in total. The molecule has 0 radical (unpaired) electrons. The maximum Gasteiger partial charge on any atom is 0.261 e. The lowest BCUT2D eigenvalue weighted by atomic mass is 10.0. The summed E-state index contributed by atoms with van der Waals surface area (Å²) in [6.45, 7) is 2.89. The van der Waals surface area contributed by atoms with Gasteiger partial charge in [-0.3, -0.25) is 9.52 Å². The van der Waals surface area contributed by atoms with Gasteiger partial charge in [0.1, 0.15) is 12.4 Å². The molecular weight excluding hydrogens is 424 g/mol. The zero-order valence-corrected chi connectivity index (χ0v) is 18.8. The Morgan fingerprint density at radius 1 is 1.03 bits per heavy atom. The van der Waals surface area contributed by atoms with Crippen LogP contribution in [0.2, 0.25) is 0 Å². The summed E-state index contributed by atoms with van der Waals surface area (Å²) in [4.78, 5) is 14.2. The lowest BCUT2D eigenvalue weighted by Crippen LogP contribution is -2.35. The van der Waals surface area contributed by atoms with Gasteiger partial charge in [-0.05, 0) is 60.4 Å². The van der Waals surface area contributed by atoms with Crippen molar-refractivity contribution in [1.82, 2.24) is 0 Å². The minimum atomic E-state index is -3.78. The summed E-state index contributed by atoms with van der Waals surface area (Å²) in [6.07, 6.45) is 2.19. The van der Waals surface area contributed by atoms with Crippen molar-refractivity contribution in [3.8, 4) is 5.75 Å². The maximum absolute atomic E-state index is 12.9. The molecule has 1 aliphatic rings. The van der Waals surface area contributed by atoms with E-state index in [-0.39, 0.29) is 10.8 Å². The van der Waals surface area contributed by atoms with Crippen LogP contribution in [0.1, 0.15) is 30.9 Å². The topological polar surface area (TPSA) is 75.7 Å². The number of carbonyl (C=O) groups is 1. The molecule has 1 N–H and O–H groups in total. The highest BCUT2D eigenvalue weighted by molar-refractivity contribution is 7.92. The highest BCUT2D eigenvalue weighted by Crippen LogP contribution is 2.31. The first kappa shape index (κ1) is 21.9. The smallest absolute Gasteiger partial charge is 0.261 e. The largest absolute Gasteiger partial charge is 0.489 e. The standard InChI is InChI=1S/C25H26N2O4S/c1-2-25(28)27-16-6-9-20-10-11-21(17-24(20)27)26-32(29,30)23-14-12-22(13-15-23)31-18-19-7-4-3-5-8-19/h3-5,7-8,10-15,17,26H,2,6,9,16,18H2,1H3. The van der Waals surface area contributed by atoms with Crippen molar-refractivity contribution in [2.45, 2.75) is 37.7 Å². The van der Waals surface area contributed by atoms with Crippen molar-refractivity contribution in [3.63, 3.8) is 0 Å². The molecule has 0 aliphatic carbocycles. The molecule has 0 saturated heterocycles. The Morgan fingerprint density at radius 2 is 1.78 bits per heavy atom. The van der Waals surface area contributed by atoms with Gasteiger partial charge in [0, 0.05) is 18.7 Å². The van der Waals surface area contributed by atoms with Gasteiger partial charge in [0.05, 0.1) is 10.6 Å². The second kappa shape index (κ2) is 9.44. The van der Waals surface area contributed by atoms with Gasteiger partial charge < -0.3 is 9.64 Å². The predicted molar refractivity (Wildman–Crippen MR) is 125 cm³/mol. The van der Waals surface area contributed by atoms with Crippen LogP contribution in [0.5, 0.6) is 5.75 Å². The normalized spacial score (nSPS) is 13.3. The number of fused-ring (bicyclic) bond motifs is 1. The molecule has 0 unspecified atom stereocenters. The molecule has 0 aromatic heterocycles. The van der Waals surface area contributed by atoms with E-state index in [1.54, 1.807) is 29.2 Å². The molecule has 0 bridgehead atoms. The third-order valence-corrected chi connectivity index (χ3v) is 6.84. The molecule has 7 heteroatoms. The molecule has 0 saturated carbocycles. The number of carbonyl (C=O) groups excluding carboxylic acids is 1. The lowest BCUT2D eigenvalue weighted by Gasteiger charge is -2.29. The highest BCUT2D eigenvalue weighted by Gasteiger charge is 2.23. The van der Waals surface area contributed by atoms with E-state index in [0.29, 0.717) is 31.0 Å². The molecule has 1 heterocycles. The average Bonchev–Trinajstić information content (AvgIpc) is 2.82. The second-order valence-corrected chi connectivity index (χ2v) is 9.38. The minimum Gasteiger partial charge on any atom is -0.489 e.